The first-order valence-electron chi connectivity index (χ1n) is 5.75. The van der Waals surface area contributed by atoms with Crippen LogP contribution in [0, 0.1) is 5.92 Å². The van der Waals surface area contributed by atoms with Gasteiger partial charge in [-0.15, -0.1) is 0 Å². The van der Waals surface area contributed by atoms with E-state index in [1.807, 2.05) is 12.3 Å². The molecule has 0 spiro atoms. The number of nitrogens with zero attached hydrogens (tertiary/aromatic N) is 2. The summed E-state index contributed by atoms with van der Waals surface area (Å²) >= 11 is 0. The first-order valence-corrected chi connectivity index (χ1v) is 5.75. The highest BCUT2D eigenvalue weighted by Crippen LogP contribution is 2.30. The third-order valence-corrected chi connectivity index (χ3v) is 3.25. The first-order chi connectivity index (χ1) is 7.31. The van der Waals surface area contributed by atoms with Gasteiger partial charge in [0, 0.05) is 19.3 Å². The van der Waals surface area contributed by atoms with E-state index in [1.165, 1.54) is 19.3 Å². The van der Waals surface area contributed by atoms with Crippen LogP contribution < -0.4 is 10.6 Å². The lowest BCUT2D eigenvalue weighted by molar-refractivity contribution is 0.318. The van der Waals surface area contributed by atoms with Gasteiger partial charge in [0.05, 0.1) is 17.6 Å². The normalized spacial score (nSPS) is 16.1. The summed E-state index contributed by atoms with van der Waals surface area (Å²) in [6, 6.07) is 2.01. The largest absolute Gasteiger partial charge is 0.396 e. The molecule has 0 unspecified atom stereocenters. The molecule has 0 atom stereocenters. The summed E-state index contributed by atoms with van der Waals surface area (Å²) in [5, 5.41) is 0. The molecule has 2 rings (SSSR count). The number of hydrogen-bond donors (Lipinski definition) is 1. The minimum absolute atomic E-state index is 0.790. The maximum Gasteiger partial charge on any atom is 0.0738 e. The summed E-state index contributed by atoms with van der Waals surface area (Å²) < 4.78 is 0. The van der Waals surface area contributed by atoms with Gasteiger partial charge in [-0.2, -0.15) is 0 Å². The van der Waals surface area contributed by atoms with E-state index in [1.54, 1.807) is 6.20 Å². The Bertz CT molecular complexity index is 320. The van der Waals surface area contributed by atoms with E-state index in [4.69, 9.17) is 5.73 Å². The van der Waals surface area contributed by atoms with Gasteiger partial charge in [-0.3, -0.25) is 4.98 Å². The van der Waals surface area contributed by atoms with E-state index in [-0.39, 0.29) is 0 Å². The van der Waals surface area contributed by atoms with Crippen LogP contribution in [0.15, 0.2) is 18.5 Å². The monoisotopic (exact) mass is 205 g/mol. The molecular weight excluding hydrogens is 186 g/mol. The fourth-order valence-corrected chi connectivity index (χ4v) is 2.07. The lowest BCUT2D eigenvalue weighted by Gasteiger charge is -2.33. The molecule has 3 heteroatoms. The van der Waals surface area contributed by atoms with Crippen LogP contribution in [-0.4, -0.2) is 18.1 Å². The Morgan fingerprint density at radius 1 is 1.53 bits per heavy atom. The molecule has 82 valence electrons. The molecule has 0 radical (unpaired) electrons. The van der Waals surface area contributed by atoms with Crippen molar-refractivity contribution in [2.75, 3.05) is 23.7 Å². The molecule has 15 heavy (non-hydrogen) atoms. The zero-order chi connectivity index (χ0) is 10.7. The van der Waals surface area contributed by atoms with Gasteiger partial charge in [-0.05, 0) is 31.7 Å². The Morgan fingerprint density at radius 2 is 2.33 bits per heavy atom. The Balaban J connectivity index is 2.07. The van der Waals surface area contributed by atoms with Gasteiger partial charge in [-0.25, -0.2) is 0 Å². The molecule has 1 aliphatic rings. The molecule has 3 nitrogen and oxygen atoms in total. The number of aromatic nitrogens is 1. The topological polar surface area (TPSA) is 42.2 Å². The Labute approximate surface area is 91.3 Å². The maximum absolute atomic E-state index is 5.93. The molecule has 1 aromatic rings. The van der Waals surface area contributed by atoms with Crippen LogP contribution in [0.5, 0.6) is 0 Å². The Morgan fingerprint density at radius 3 is 2.87 bits per heavy atom. The van der Waals surface area contributed by atoms with Gasteiger partial charge in [0.1, 0.15) is 0 Å². The molecule has 1 aliphatic carbocycles. The van der Waals surface area contributed by atoms with Crippen molar-refractivity contribution in [3.63, 3.8) is 0 Å². The second-order valence-corrected chi connectivity index (χ2v) is 4.27. The number of nitrogens with two attached hydrogens (primary N) is 1. The molecular formula is C12H19N3. The molecule has 1 saturated carbocycles. The highest BCUT2D eigenvalue weighted by atomic mass is 15.1. The van der Waals surface area contributed by atoms with Gasteiger partial charge < -0.3 is 10.6 Å². The highest BCUT2D eigenvalue weighted by Gasteiger charge is 2.20. The van der Waals surface area contributed by atoms with Crippen molar-refractivity contribution in [3.05, 3.63) is 18.5 Å². The van der Waals surface area contributed by atoms with Crippen LogP contribution in [0.1, 0.15) is 26.2 Å². The summed E-state index contributed by atoms with van der Waals surface area (Å²) in [6.07, 6.45) is 7.70. The SMILES string of the molecule is CCN(CC1CCC1)c1ccncc1N. The second kappa shape index (κ2) is 4.51. The predicted molar refractivity (Wildman–Crippen MR) is 63.9 cm³/mol. The average Bonchev–Trinajstić information content (AvgIpc) is 2.19. The predicted octanol–water partition coefficient (Wildman–Crippen LogP) is 2.29. The molecule has 0 bridgehead atoms. The number of rotatable bonds is 4. The smallest absolute Gasteiger partial charge is 0.0738 e. The summed E-state index contributed by atoms with van der Waals surface area (Å²) in [7, 11) is 0. The zero-order valence-electron chi connectivity index (χ0n) is 9.32. The zero-order valence-corrected chi connectivity index (χ0v) is 9.32. The molecule has 1 aromatic heterocycles. The third-order valence-electron chi connectivity index (χ3n) is 3.25. The van der Waals surface area contributed by atoms with E-state index in [2.05, 4.69) is 16.8 Å². The molecule has 2 N–H and O–H groups in total. The van der Waals surface area contributed by atoms with Crippen LogP contribution in [0.4, 0.5) is 11.4 Å². The molecule has 0 aromatic carbocycles. The van der Waals surface area contributed by atoms with Crippen molar-refractivity contribution in [2.45, 2.75) is 26.2 Å². The standard InChI is InChI=1S/C12H19N3/c1-2-15(9-10-4-3-5-10)12-6-7-14-8-11(12)13/h6-8,10H,2-5,9,13H2,1H3. The van der Waals surface area contributed by atoms with E-state index < -0.39 is 0 Å². The van der Waals surface area contributed by atoms with Crippen molar-refractivity contribution in [1.82, 2.24) is 4.98 Å². The fraction of sp³-hybridized carbons (Fsp3) is 0.583. The minimum Gasteiger partial charge on any atom is -0.396 e. The van der Waals surface area contributed by atoms with E-state index in [9.17, 15) is 0 Å². The van der Waals surface area contributed by atoms with Crippen LogP contribution >= 0.6 is 0 Å². The quantitative estimate of drug-likeness (QED) is 0.820. The van der Waals surface area contributed by atoms with Crippen molar-refractivity contribution in [3.8, 4) is 0 Å². The summed E-state index contributed by atoms with van der Waals surface area (Å²) in [5.41, 5.74) is 7.86. The highest BCUT2D eigenvalue weighted by molar-refractivity contribution is 5.65. The number of pyridine rings is 1. The summed E-state index contributed by atoms with van der Waals surface area (Å²) in [6.45, 7) is 4.34. The van der Waals surface area contributed by atoms with Crippen LogP contribution in [0.25, 0.3) is 0 Å². The number of nitrogen functional groups attached to an aromatic ring is 1. The lowest BCUT2D eigenvalue weighted by atomic mass is 9.85. The summed E-state index contributed by atoms with van der Waals surface area (Å²) in [4.78, 5) is 6.39. The number of anilines is 2. The van der Waals surface area contributed by atoms with Gasteiger partial charge in [-0.1, -0.05) is 6.42 Å². The van der Waals surface area contributed by atoms with Crippen LogP contribution in [0.3, 0.4) is 0 Å². The van der Waals surface area contributed by atoms with Crippen LogP contribution in [-0.2, 0) is 0 Å². The third kappa shape index (κ3) is 2.22. The van der Waals surface area contributed by atoms with E-state index >= 15 is 0 Å². The molecule has 1 fully saturated rings. The van der Waals surface area contributed by atoms with Gasteiger partial charge in [0.2, 0.25) is 0 Å². The minimum atomic E-state index is 0.790. The Hall–Kier alpha value is -1.25. The Kier molecular flexibility index (Phi) is 3.09. The number of hydrogen-bond acceptors (Lipinski definition) is 3. The van der Waals surface area contributed by atoms with Crippen molar-refractivity contribution in [1.29, 1.82) is 0 Å². The van der Waals surface area contributed by atoms with Gasteiger partial charge in [0.15, 0.2) is 0 Å². The van der Waals surface area contributed by atoms with Crippen molar-refractivity contribution >= 4 is 11.4 Å². The molecule has 0 amide bonds. The lowest BCUT2D eigenvalue weighted by Crippen LogP contribution is -2.32. The molecule has 0 aliphatic heterocycles. The van der Waals surface area contributed by atoms with Crippen molar-refractivity contribution < 1.29 is 0 Å². The molecule has 0 saturated heterocycles. The van der Waals surface area contributed by atoms with Crippen molar-refractivity contribution in [2.24, 2.45) is 5.92 Å². The average molecular weight is 205 g/mol. The van der Waals surface area contributed by atoms with E-state index in [0.717, 1.165) is 30.4 Å². The second-order valence-electron chi connectivity index (χ2n) is 4.27. The van der Waals surface area contributed by atoms with Gasteiger partial charge in [0.25, 0.3) is 0 Å². The maximum atomic E-state index is 5.93. The molecule has 1 heterocycles. The van der Waals surface area contributed by atoms with E-state index in [0.29, 0.717) is 0 Å². The van der Waals surface area contributed by atoms with Crippen LogP contribution in [0.2, 0.25) is 0 Å². The summed E-state index contributed by atoms with van der Waals surface area (Å²) in [5.74, 6) is 0.873. The fourth-order valence-electron chi connectivity index (χ4n) is 2.07. The van der Waals surface area contributed by atoms with Gasteiger partial charge >= 0.3 is 0 Å². The first kappa shape index (κ1) is 10.3.